The Labute approximate surface area is 128 Å². The average molecular weight is 338 g/mol. The van der Waals surface area contributed by atoms with Crippen LogP contribution in [0.5, 0.6) is 0 Å². The zero-order valence-electron chi connectivity index (χ0n) is 11.9. The second kappa shape index (κ2) is 7.55. The van der Waals surface area contributed by atoms with Crippen molar-refractivity contribution in [2.24, 2.45) is 5.92 Å². The molecule has 2 aromatic heterocycles. The van der Waals surface area contributed by atoms with E-state index in [1.807, 2.05) is 12.1 Å². The summed E-state index contributed by atoms with van der Waals surface area (Å²) in [6.45, 7) is 6.80. The Balaban J connectivity index is 1.87. The Kier molecular flexibility index (Phi) is 5.73. The van der Waals surface area contributed by atoms with E-state index >= 15 is 0 Å². The van der Waals surface area contributed by atoms with E-state index in [9.17, 15) is 0 Å². The Bertz CT molecular complexity index is 560. The van der Waals surface area contributed by atoms with Gasteiger partial charge in [-0.05, 0) is 40.4 Å². The van der Waals surface area contributed by atoms with Gasteiger partial charge in [-0.25, -0.2) is 0 Å². The molecule has 20 heavy (non-hydrogen) atoms. The maximum atomic E-state index is 5.56. The molecule has 2 heterocycles. The molecule has 0 spiro atoms. The summed E-state index contributed by atoms with van der Waals surface area (Å²) in [4.78, 5) is 8.74. The van der Waals surface area contributed by atoms with Crippen LogP contribution in [-0.4, -0.2) is 29.7 Å². The van der Waals surface area contributed by atoms with Gasteiger partial charge in [0.25, 0.3) is 0 Å². The highest BCUT2D eigenvalue weighted by Gasteiger charge is 2.03. The van der Waals surface area contributed by atoms with E-state index in [1.165, 1.54) is 0 Å². The number of hydrogen-bond acceptors (Lipinski definition) is 4. The van der Waals surface area contributed by atoms with Gasteiger partial charge in [0.05, 0.1) is 11.2 Å². The summed E-state index contributed by atoms with van der Waals surface area (Å²) in [5.74, 6) is 0.592. The number of hydrogen-bond donors (Lipinski definition) is 1. The Morgan fingerprint density at radius 2 is 2.20 bits per heavy atom. The number of anilines is 1. The maximum absolute atomic E-state index is 5.56. The largest absolute Gasteiger partial charge is 0.383 e. The molecule has 0 fully saturated rings. The van der Waals surface area contributed by atoms with Crippen molar-refractivity contribution in [1.82, 2.24) is 9.97 Å². The minimum atomic E-state index is 0.592. The predicted molar refractivity (Wildman–Crippen MR) is 86.0 cm³/mol. The van der Waals surface area contributed by atoms with Crippen LogP contribution in [0.1, 0.15) is 20.3 Å². The van der Waals surface area contributed by atoms with Gasteiger partial charge in [0, 0.05) is 36.6 Å². The topological polar surface area (TPSA) is 47.0 Å². The van der Waals surface area contributed by atoms with E-state index in [1.54, 1.807) is 12.4 Å². The molecule has 0 amide bonds. The number of aromatic nitrogens is 2. The van der Waals surface area contributed by atoms with E-state index in [2.05, 4.69) is 45.1 Å². The number of nitrogens with one attached hydrogen (secondary N) is 1. The van der Waals surface area contributed by atoms with Crippen molar-refractivity contribution in [3.63, 3.8) is 0 Å². The third kappa shape index (κ3) is 4.42. The number of halogens is 1. The molecule has 0 aliphatic rings. The van der Waals surface area contributed by atoms with Gasteiger partial charge in [0.2, 0.25) is 0 Å². The first-order valence-corrected chi connectivity index (χ1v) is 7.68. The van der Waals surface area contributed by atoms with Gasteiger partial charge in [-0.15, -0.1) is 0 Å². The molecule has 0 aliphatic carbocycles. The normalized spacial score (nSPS) is 11.2. The summed E-state index contributed by atoms with van der Waals surface area (Å²) >= 11 is 3.41. The van der Waals surface area contributed by atoms with Gasteiger partial charge in [0.15, 0.2) is 0 Å². The van der Waals surface area contributed by atoms with E-state index in [4.69, 9.17) is 4.74 Å². The van der Waals surface area contributed by atoms with Gasteiger partial charge in [-0.2, -0.15) is 0 Å². The molecule has 5 heteroatoms. The molecule has 0 radical (unpaired) electrons. The molecule has 0 atom stereocenters. The van der Waals surface area contributed by atoms with Gasteiger partial charge >= 0.3 is 0 Å². The van der Waals surface area contributed by atoms with Crippen molar-refractivity contribution < 1.29 is 4.74 Å². The Morgan fingerprint density at radius 1 is 1.35 bits per heavy atom. The lowest BCUT2D eigenvalue weighted by atomic mass is 10.2. The summed E-state index contributed by atoms with van der Waals surface area (Å²) in [5.41, 5.74) is 2.81. The fraction of sp³-hybridized carbons (Fsp3) is 0.467. The Morgan fingerprint density at radius 3 is 3.00 bits per heavy atom. The molecule has 108 valence electrons. The van der Waals surface area contributed by atoms with E-state index in [0.29, 0.717) is 5.92 Å². The number of ether oxygens (including phenoxy) is 1. The van der Waals surface area contributed by atoms with Gasteiger partial charge in [0.1, 0.15) is 5.52 Å². The third-order valence-electron chi connectivity index (χ3n) is 2.78. The molecule has 0 aliphatic heterocycles. The standard InChI is InChI=1S/C15H20BrN3O/c1-11(2)10-20-7-3-5-17-13-4-6-18-14-8-12(16)9-19-15(13)14/h4,6,8-9,11H,3,5,7,10H2,1-2H3,(H,17,18). The summed E-state index contributed by atoms with van der Waals surface area (Å²) in [6.07, 6.45) is 4.57. The SMILES string of the molecule is CC(C)COCCCNc1ccnc2cc(Br)cnc12. The smallest absolute Gasteiger partial charge is 0.112 e. The minimum absolute atomic E-state index is 0.592. The van der Waals surface area contributed by atoms with E-state index in [0.717, 1.165) is 47.4 Å². The molecule has 1 N–H and O–H groups in total. The van der Waals surface area contributed by atoms with Crippen molar-refractivity contribution in [1.29, 1.82) is 0 Å². The van der Waals surface area contributed by atoms with Crippen LogP contribution < -0.4 is 5.32 Å². The highest BCUT2D eigenvalue weighted by atomic mass is 79.9. The minimum Gasteiger partial charge on any atom is -0.383 e. The van der Waals surface area contributed by atoms with Crippen molar-refractivity contribution >= 4 is 32.7 Å². The molecule has 0 saturated heterocycles. The van der Waals surface area contributed by atoms with Crippen molar-refractivity contribution in [2.75, 3.05) is 25.1 Å². The maximum Gasteiger partial charge on any atom is 0.112 e. The van der Waals surface area contributed by atoms with Crippen molar-refractivity contribution in [3.05, 3.63) is 29.0 Å². The third-order valence-corrected chi connectivity index (χ3v) is 3.21. The molecular formula is C15H20BrN3O. The molecule has 0 aromatic carbocycles. The van der Waals surface area contributed by atoms with Crippen molar-refractivity contribution in [3.8, 4) is 0 Å². The second-order valence-electron chi connectivity index (χ2n) is 5.13. The van der Waals surface area contributed by atoms with Crippen LogP contribution in [-0.2, 0) is 4.74 Å². The molecule has 0 bridgehead atoms. The molecule has 2 rings (SSSR count). The number of pyridine rings is 2. The lowest BCUT2D eigenvalue weighted by molar-refractivity contribution is 0.110. The van der Waals surface area contributed by atoms with Crippen LogP contribution in [0, 0.1) is 5.92 Å². The zero-order valence-corrected chi connectivity index (χ0v) is 13.5. The number of fused-ring (bicyclic) bond motifs is 1. The monoisotopic (exact) mass is 337 g/mol. The van der Waals surface area contributed by atoms with Crippen LogP contribution >= 0.6 is 15.9 Å². The van der Waals surface area contributed by atoms with Crippen LogP contribution in [0.3, 0.4) is 0 Å². The predicted octanol–water partition coefficient (Wildman–Crippen LogP) is 3.87. The molecule has 2 aromatic rings. The summed E-state index contributed by atoms with van der Waals surface area (Å²) < 4.78 is 6.50. The molecule has 0 saturated carbocycles. The quantitative estimate of drug-likeness (QED) is 0.779. The van der Waals surface area contributed by atoms with Crippen LogP contribution in [0.15, 0.2) is 29.0 Å². The summed E-state index contributed by atoms with van der Waals surface area (Å²) in [5, 5.41) is 3.40. The summed E-state index contributed by atoms with van der Waals surface area (Å²) in [7, 11) is 0. The molecule has 0 unspecified atom stereocenters. The first kappa shape index (κ1) is 15.2. The first-order valence-electron chi connectivity index (χ1n) is 6.88. The molecular weight excluding hydrogens is 318 g/mol. The zero-order chi connectivity index (χ0) is 14.4. The fourth-order valence-electron chi connectivity index (χ4n) is 1.86. The highest BCUT2D eigenvalue weighted by Crippen LogP contribution is 2.21. The van der Waals surface area contributed by atoms with Crippen molar-refractivity contribution in [2.45, 2.75) is 20.3 Å². The highest BCUT2D eigenvalue weighted by molar-refractivity contribution is 9.10. The lowest BCUT2D eigenvalue weighted by Gasteiger charge is -2.10. The summed E-state index contributed by atoms with van der Waals surface area (Å²) in [6, 6.07) is 3.93. The van der Waals surface area contributed by atoms with E-state index < -0.39 is 0 Å². The van der Waals surface area contributed by atoms with E-state index in [-0.39, 0.29) is 0 Å². The molecule has 4 nitrogen and oxygen atoms in total. The second-order valence-corrected chi connectivity index (χ2v) is 6.04. The van der Waals surface area contributed by atoms with Crippen LogP contribution in [0.2, 0.25) is 0 Å². The van der Waals surface area contributed by atoms with Gasteiger partial charge < -0.3 is 10.1 Å². The van der Waals surface area contributed by atoms with Crippen LogP contribution in [0.4, 0.5) is 5.69 Å². The lowest BCUT2D eigenvalue weighted by Crippen LogP contribution is -2.09. The number of rotatable bonds is 7. The Hall–Kier alpha value is -1.20. The van der Waals surface area contributed by atoms with Gasteiger partial charge in [-0.3, -0.25) is 9.97 Å². The van der Waals surface area contributed by atoms with Crippen LogP contribution in [0.25, 0.3) is 11.0 Å². The van der Waals surface area contributed by atoms with Gasteiger partial charge in [-0.1, -0.05) is 13.8 Å². The number of nitrogens with zero attached hydrogens (tertiary/aromatic N) is 2. The fourth-order valence-corrected chi connectivity index (χ4v) is 2.18. The first-order chi connectivity index (χ1) is 9.66. The average Bonchev–Trinajstić information content (AvgIpc) is 2.42.